The maximum absolute atomic E-state index is 8.50. The molecule has 3 heteroatoms. The summed E-state index contributed by atoms with van der Waals surface area (Å²) < 4.78 is 5.30. The number of nitriles is 1. The highest BCUT2D eigenvalue weighted by atomic mass is 16.5. The highest BCUT2D eigenvalue weighted by Crippen LogP contribution is 2.28. The topological polar surface area (TPSA) is 45.0 Å². The smallest absolute Gasteiger partial charge is 0.174 e. The van der Waals surface area contributed by atoms with Gasteiger partial charge in [-0.1, -0.05) is 25.8 Å². The zero-order valence-electron chi connectivity index (χ0n) is 11.6. The molecule has 1 aliphatic carbocycles. The molecule has 0 spiro atoms. The van der Waals surface area contributed by atoms with Crippen LogP contribution in [0.25, 0.3) is 0 Å². The molecule has 1 N–H and O–H groups in total. The Hall–Kier alpha value is -1.69. The zero-order valence-corrected chi connectivity index (χ0v) is 11.6. The Morgan fingerprint density at radius 2 is 2.11 bits per heavy atom. The summed E-state index contributed by atoms with van der Waals surface area (Å²) >= 11 is 0. The van der Waals surface area contributed by atoms with E-state index in [-0.39, 0.29) is 6.61 Å². The van der Waals surface area contributed by atoms with E-state index in [1.54, 1.807) is 0 Å². The largest absolute Gasteiger partial charge is 0.479 e. The molecule has 2 rings (SSSR count). The van der Waals surface area contributed by atoms with Gasteiger partial charge < -0.3 is 10.1 Å². The van der Waals surface area contributed by atoms with E-state index in [9.17, 15) is 0 Å². The Morgan fingerprint density at radius 3 is 2.84 bits per heavy atom. The molecule has 0 amide bonds. The van der Waals surface area contributed by atoms with Crippen LogP contribution in [0.1, 0.15) is 32.6 Å². The van der Waals surface area contributed by atoms with E-state index in [4.69, 9.17) is 10.00 Å². The van der Waals surface area contributed by atoms with E-state index >= 15 is 0 Å². The van der Waals surface area contributed by atoms with E-state index < -0.39 is 0 Å². The van der Waals surface area contributed by atoms with E-state index in [1.165, 1.54) is 25.7 Å². The van der Waals surface area contributed by atoms with Gasteiger partial charge in [0.15, 0.2) is 6.61 Å². The van der Waals surface area contributed by atoms with Gasteiger partial charge in [0.2, 0.25) is 0 Å². The monoisotopic (exact) mass is 258 g/mol. The molecule has 1 fully saturated rings. The van der Waals surface area contributed by atoms with Gasteiger partial charge in [-0.2, -0.15) is 5.26 Å². The van der Waals surface area contributed by atoms with Crippen molar-refractivity contribution in [3.8, 4) is 11.8 Å². The zero-order chi connectivity index (χ0) is 13.5. The molecule has 0 unspecified atom stereocenters. The molecule has 1 aliphatic rings. The van der Waals surface area contributed by atoms with Gasteiger partial charge in [-0.3, -0.25) is 0 Å². The number of anilines is 1. The van der Waals surface area contributed by atoms with Crippen molar-refractivity contribution in [1.82, 2.24) is 0 Å². The first kappa shape index (κ1) is 13.7. The van der Waals surface area contributed by atoms with Crippen LogP contribution in [0.2, 0.25) is 0 Å². The number of hydrogen-bond acceptors (Lipinski definition) is 3. The lowest BCUT2D eigenvalue weighted by atomic mass is 9.83. The van der Waals surface area contributed by atoms with Crippen LogP contribution in [0.3, 0.4) is 0 Å². The third-order valence-electron chi connectivity index (χ3n) is 3.87. The summed E-state index contributed by atoms with van der Waals surface area (Å²) in [7, 11) is 0. The molecule has 0 heterocycles. The Bertz CT molecular complexity index is 431. The predicted octanol–water partition coefficient (Wildman–Crippen LogP) is 3.83. The van der Waals surface area contributed by atoms with Crippen molar-refractivity contribution in [2.24, 2.45) is 11.8 Å². The van der Waals surface area contributed by atoms with Crippen LogP contribution in [0.4, 0.5) is 5.69 Å². The van der Waals surface area contributed by atoms with Gasteiger partial charge in [0, 0.05) is 18.3 Å². The summed E-state index contributed by atoms with van der Waals surface area (Å²) in [5.41, 5.74) is 1.08. The number of nitrogens with one attached hydrogen (secondary N) is 1. The van der Waals surface area contributed by atoms with Gasteiger partial charge in [-0.05, 0) is 36.8 Å². The molecule has 19 heavy (non-hydrogen) atoms. The minimum Gasteiger partial charge on any atom is -0.479 e. The summed E-state index contributed by atoms with van der Waals surface area (Å²) in [6.07, 6.45) is 5.38. The van der Waals surface area contributed by atoms with Gasteiger partial charge in [0.1, 0.15) is 11.8 Å². The van der Waals surface area contributed by atoms with Crippen molar-refractivity contribution >= 4 is 5.69 Å². The number of benzene rings is 1. The molecule has 0 atom stereocenters. The molecular formula is C16H22N2O. The van der Waals surface area contributed by atoms with Crippen molar-refractivity contribution in [3.05, 3.63) is 24.3 Å². The number of rotatable bonds is 5. The average molecular weight is 258 g/mol. The molecule has 0 bridgehead atoms. The second-order valence-electron chi connectivity index (χ2n) is 5.48. The van der Waals surface area contributed by atoms with Crippen LogP contribution in [0, 0.1) is 23.2 Å². The molecule has 1 aromatic rings. The fourth-order valence-electron chi connectivity index (χ4n) is 2.61. The standard InChI is InChI=1S/C16H22N2O/c1-13-5-7-14(8-6-13)12-18-15-3-2-4-16(11-15)19-10-9-17/h2-4,11,13-14,18H,5-8,10,12H2,1H3. The minimum atomic E-state index is 0.101. The van der Waals surface area contributed by atoms with Crippen LogP contribution in [0.5, 0.6) is 5.75 Å². The molecule has 102 valence electrons. The van der Waals surface area contributed by atoms with Gasteiger partial charge in [-0.25, -0.2) is 0 Å². The lowest BCUT2D eigenvalue weighted by Gasteiger charge is -2.26. The van der Waals surface area contributed by atoms with Crippen LogP contribution in [-0.4, -0.2) is 13.2 Å². The highest BCUT2D eigenvalue weighted by Gasteiger charge is 2.17. The fraction of sp³-hybridized carbons (Fsp3) is 0.562. The Balaban J connectivity index is 1.80. The van der Waals surface area contributed by atoms with Crippen molar-refractivity contribution in [3.63, 3.8) is 0 Å². The molecule has 0 aromatic heterocycles. The Kier molecular flexibility index (Phi) is 5.09. The van der Waals surface area contributed by atoms with E-state index in [0.717, 1.165) is 29.8 Å². The average Bonchev–Trinajstić information content (AvgIpc) is 2.45. The molecule has 0 aliphatic heterocycles. The second-order valence-corrected chi connectivity index (χ2v) is 5.48. The summed E-state index contributed by atoms with van der Waals surface area (Å²) in [4.78, 5) is 0. The Labute approximate surface area is 115 Å². The number of ether oxygens (including phenoxy) is 1. The third kappa shape index (κ3) is 4.48. The summed E-state index contributed by atoms with van der Waals surface area (Å²) in [5, 5.41) is 12.0. The maximum Gasteiger partial charge on any atom is 0.174 e. The molecule has 1 aromatic carbocycles. The SMILES string of the molecule is CC1CCC(CNc2cccc(OCC#N)c2)CC1. The van der Waals surface area contributed by atoms with Crippen molar-refractivity contribution in [2.45, 2.75) is 32.6 Å². The molecular weight excluding hydrogens is 236 g/mol. The molecule has 1 saturated carbocycles. The quantitative estimate of drug-likeness (QED) is 0.873. The van der Waals surface area contributed by atoms with Gasteiger partial charge in [0.25, 0.3) is 0 Å². The lowest BCUT2D eigenvalue weighted by molar-refractivity contribution is 0.300. The summed E-state index contributed by atoms with van der Waals surface area (Å²) in [6, 6.07) is 9.82. The lowest BCUT2D eigenvalue weighted by Crippen LogP contribution is -2.20. The van der Waals surface area contributed by atoms with E-state index in [2.05, 4.69) is 12.2 Å². The van der Waals surface area contributed by atoms with Gasteiger partial charge >= 0.3 is 0 Å². The minimum absolute atomic E-state index is 0.101. The Morgan fingerprint density at radius 1 is 1.32 bits per heavy atom. The first-order chi connectivity index (χ1) is 9.28. The summed E-state index contributed by atoms with van der Waals surface area (Å²) in [6.45, 7) is 3.48. The fourth-order valence-corrected chi connectivity index (χ4v) is 2.61. The number of hydrogen-bond donors (Lipinski definition) is 1. The van der Waals surface area contributed by atoms with Gasteiger partial charge in [-0.15, -0.1) is 0 Å². The molecule has 3 nitrogen and oxygen atoms in total. The predicted molar refractivity (Wildman–Crippen MR) is 77.2 cm³/mol. The normalized spacial score (nSPS) is 22.5. The third-order valence-corrected chi connectivity index (χ3v) is 3.87. The van der Waals surface area contributed by atoms with Crippen LogP contribution in [-0.2, 0) is 0 Å². The molecule has 0 radical (unpaired) electrons. The van der Waals surface area contributed by atoms with Crippen molar-refractivity contribution in [2.75, 3.05) is 18.5 Å². The first-order valence-electron chi connectivity index (χ1n) is 7.11. The summed E-state index contributed by atoms with van der Waals surface area (Å²) in [5.74, 6) is 2.45. The van der Waals surface area contributed by atoms with Crippen LogP contribution >= 0.6 is 0 Å². The van der Waals surface area contributed by atoms with Crippen LogP contribution in [0.15, 0.2) is 24.3 Å². The van der Waals surface area contributed by atoms with Crippen molar-refractivity contribution in [1.29, 1.82) is 5.26 Å². The van der Waals surface area contributed by atoms with Gasteiger partial charge in [0.05, 0.1) is 0 Å². The highest BCUT2D eigenvalue weighted by molar-refractivity contribution is 5.48. The number of nitrogens with zero attached hydrogens (tertiary/aromatic N) is 1. The van der Waals surface area contributed by atoms with E-state index in [0.29, 0.717) is 0 Å². The van der Waals surface area contributed by atoms with Crippen LogP contribution < -0.4 is 10.1 Å². The van der Waals surface area contributed by atoms with E-state index in [1.807, 2.05) is 30.3 Å². The first-order valence-corrected chi connectivity index (χ1v) is 7.11. The second kappa shape index (κ2) is 7.04. The molecule has 0 saturated heterocycles. The van der Waals surface area contributed by atoms with Crippen molar-refractivity contribution < 1.29 is 4.74 Å². The maximum atomic E-state index is 8.50.